The number of aromatic hydroxyl groups is 1. The zero-order valence-corrected chi connectivity index (χ0v) is 10.6. The largest absolute Gasteiger partial charge is 0.508 e. The van der Waals surface area contributed by atoms with E-state index in [-0.39, 0.29) is 11.5 Å². The fourth-order valence-corrected chi connectivity index (χ4v) is 2.59. The second kappa shape index (κ2) is 4.74. The minimum Gasteiger partial charge on any atom is -0.508 e. The first-order valence-electron chi connectivity index (χ1n) is 5.16. The molecule has 1 aromatic rings. The number of benzene rings is 1. The minimum absolute atomic E-state index is 0.104. The second-order valence-electron chi connectivity index (χ2n) is 3.87. The number of sulfonamides is 1. The van der Waals surface area contributed by atoms with Gasteiger partial charge in [-0.1, -0.05) is 6.92 Å². The minimum atomic E-state index is -3.27. The third-order valence-corrected chi connectivity index (χ3v) is 3.76. The molecule has 5 heteroatoms. The van der Waals surface area contributed by atoms with E-state index in [4.69, 9.17) is 0 Å². The molecule has 0 fully saturated rings. The lowest BCUT2D eigenvalue weighted by molar-refractivity contribution is 0.471. The van der Waals surface area contributed by atoms with E-state index in [1.54, 1.807) is 26.0 Å². The molecule has 1 rings (SSSR count). The van der Waals surface area contributed by atoms with Crippen LogP contribution in [0.25, 0.3) is 0 Å². The van der Waals surface area contributed by atoms with Gasteiger partial charge in [-0.3, -0.25) is 4.72 Å². The molecule has 2 N–H and O–H groups in total. The van der Waals surface area contributed by atoms with Crippen molar-refractivity contribution in [3.8, 4) is 5.75 Å². The van der Waals surface area contributed by atoms with E-state index < -0.39 is 10.0 Å². The molecule has 1 aromatic carbocycles. The summed E-state index contributed by atoms with van der Waals surface area (Å²) in [6.45, 7) is 5.30. The van der Waals surface area contributed by atoms with E-state index in [1.807, 2.05) is 6.92 Å². The average molecular weight is 243 g/mol. The molecular weight excluding hydrogens is 226 g/mol. The van der Waals surface area contributed by atoms with Gasteiger partial charge in [0.05, 0.1) is 11.4 Å². The molecule has 4 nitrogen and oxygen atoms in total. The normalized spacial score (nSPS) is 11.4. The molecule has 0 amide bonds. The van der Waals surface area contributed by atoms with Crippen molar-refractivity contribution in [1.82, 2.24) is 0 Å². The molecule has 16 heavy (non-hydrogen) atoms. The summed E-state index contributed by atoms with van der Waals surface area (Å²) in [5.41, 5.74) is 1.89. The summed E-state index contributed by atoms with van der Waals surface area (Å²) >= 11 is 0. The first-order chi connectivity index (χ1) is 7.35. The highest BCUT2D eigenvalue weighted by Gasteiger charge is 2.11. The summed E-state index contributed by atoms with van der Waals surface area (Å²) in [5.74, 6) is 0.280. The number of hydrogen-bond acceptors (Lipinski definition) is 3. The molecule has 0 radical (unpaired) electrons. The Morgan fingerprint density at radius 1 is 1.25 bits per heavy atom. The summed E-state index contributed by atoms with van der Waals surface area (Å²) in [4.78, 5) is 0. The number of hydrogen-bond donors (Lipinski definition) is 2. The predicted molar refractivity (Wildman–Crippen MR) is 65.3 cm³/mol. The van der Waals surface area contributed by atoms with Crippen molar-refractivity contribution >= 4 is 15.7 Å². The summed E-state index contributed by atoms with van der Waals surface area (Å²) < 4.78 is 25.7. The molecule has 0 aliphatic rings. The number of phenolic OH excluding ortho intramolecular Hbond substituents is 1. The van der Waals surface area contributed by atoms with E-state index in [0.29, 0.717) is 23.2 Å². The van der Waals surface area contributed by atoms with Crippen molar-refractivity contribution in [1.29, 1.82) is 0 Å². The first-order valence-corrected chi connectivity index (χ1v) is 6.81. The van der Waals surface area contributed by atoms with Gasteiger partial charge in [-0.25, -0.2) is 8.42 Å². The lowest BCUT2D eigenvalue weighted by Crippen LogP contribution is -2.16. The Morgan fingerprint density at radius 2 is 1.88 bits per heavy atom. The zero-order chi connectivity index (χ0) is 12.3. The smallest absolute Gasteiger partial charge is 0.232 e. The van der Waals surface area contributed by atoms with E-state index in [2.05, 4.69) is 4.72 Å². The topological polar surface area (TPSA) is 66.4 Å². The van der Waals surface area contributed by atoms with E-state index >= 15 is 0 Å². The van der Waals surface area contributed by atoms with Crippen LogP contribution in [0, 0.1) is 13.8 Å². The van der Waals surface area contributed by atoms with Crippen LogP contribution in [0.4, 0.5) is 5.69 Å². The Kier molecular flexibility index (Phi) is 3.80. The third-order valence-electron chi connectivity index (χ3n) is 2.28. The fraction of sp³-hybridized carbons (Fsp3) is 0.455. The van der Waals surface area contributed by atoms with Gasteiger partial charge in [0.2, 0.25) is 10.0 Å². The molecule has 0 aliphatic carbocycles. The Balaban J connectivity index is 3.03. The molecule has 0 bridgehead atoms. The van der Waals surface area contributed by atoms with Crippen LogP contribution in [-0.2, 0) is 10.0 Å². The van der Waals surface area contributed by atoms with Gasteiger partial charge in [-0.05, 0) is 43.5 Å². The van der Waals surface area contributed by atoms with Gasteiger partial charge in [-0.15, -0.1) is 0 Å². The molecule has 90 valence electrons. The Morgan fingerprint density at radius 3 is 2.44 bits per heavy atom. The number of anilines is 1. The third kappa shape index (κ3) is 3.13. The van der Waals surface area contributed by atoms with Crippen molar-refractivity contribution in [3.63, 3.8) is 0 Å². The van der Waals surface area contributed by atoms with Crippen LogP contribution < -0.4 is 4.72 Å². The first kappa shape index (κ1) is 12.8. The van der Waals surface area contributed by atoms with Crippen LogP contribution in [0.2, 0.25) is 0 Å². The highest BCUT2D eigenvalue weighted by molar-refractivity contribution is 7.92. The van der Waals surface area contributed by atoms with E-state index in [1.165, 1.54) is 0 Å². The van der Waals surface area contributed by atoms with E-state index in [0.717, 1.165) is 0 Å². The van der Waals surface area contributed by atoms with E-state index in [9.17, 15) is 13.5 Å². The van der Waals surface area contributed by atoms with Gasteiger partial charge in [-0.2, -0.15) is 0 Å². The molecule has 0 aromatic heterocycles. The summed E-state index contributed by atoms with van der Waals surface area (Å²) in [6.07, 6.45) is 0.575. The maximum atomic E-state index is 11.6. The van der Waals surface area contributed by atoms with Crippen molar-refractivity contribution < 1.29 is 13.5 Å². The van der Waals surface area contributed by atoms with Crippen molar-refractivity contribution in [3.05, 3.63) is 23.3 Å². The molecule has 0 aliphatic heterocycles. The molecule has 0 spiro atoms. The van der Waals surface area contributed by atoms with Gasteiger partial charge in [0.1, 0.15) is 5.75 Å². The van der Waals surface area contributed by atoms with Crippen molar-refractivity contribution in [2.24, 2.45) is 0 Å². The molecule has 0 atom stereocenters. The predicted octanol–water partition coefficient (Wildman–Crippen LogP) is 2.16. The van der Waals surface area contributed by atoms with Gasteiger partial charge in [0, 0.05) is 0 Å². The van der Waals surface area contributed by atoms with Crippen LogP contribution in [0.15, 0.2) is 12.1 Å². The summed E-state index contributed by atoms with van der Waals surface area (Å²) in [6, 6.07) is 3.19. The monoisotopic (exact) mass is 243 g/mol. The van der Waals surface area contributed by atoms with Crippen LogP contribution >= 0.6 is 0 Å². The quantitative estimate of drug-likeness (QED) is 0.796. The van der Waals surface area contributed by atoms with Crippen LogP contribution in [0.1, 0.15) is 24.5 Å². The Labute approximate surface area is 96.4 Å². The van der Waals surface area contributed by atoms with Gasteiger partial charge >= 0.3 is 0 Å². The molecule has 0 unspecified atom stereocenters. The number of nitrogens with one attached hydrogen (secondary N) is 1. The van der Waals surface area contributed by atoms with Gasteiger partial charge in [0.15, 0.2) is 0 Å². The highest BCUT2D eigenvalue weighted by Crippen LogP contribution is 2.25. The number of phenols is 1. The molecular formula is C11H17NO3S. The lowest BCUT2D eigenvalue weighted by atomic mass is 10.1. The SMILES string of the molecule is CCCS(=O)(=O)Nc1cc(C)c(O)cc1C. The van der Waals surface area contributed by atoms with Gasteiger partial charge in [0.25, 0.3) is 0 Å². The summed E-state index contributed by atoms with van der Waals surface area (Å²) in [7, 11) is -3.27. The van der Waals surface area contributed by atoms with Crippen molar-refractivity contribution in [2.45, 2.75) is 27.2 Å². The second-order valence-corrected chi connectivity index (χ2v) is 5.72. The average Bonchev–Trinajstić information content (AvgIpc) is 2.13. The maximum absolute atomic E-state index is 11.6. The maximum Gasteiger partial charge on any atom is 0.232 e. The Bertz CT molecular complexity index is 480. The standard InChI is InChI=1S/C11H17NO3S/c1-4-5-16(14,15)12-10-6-9(3)11(13)7-8(10)2/h6-7,12-13H,4-5H2,1-3H3. The zero-order valence-electron chi connectivity index (χ0n) is 9.74. The Hall–Kier alpha value is -1.23. The highest BCUT2D eigenvalue weighted by atomic mass is 32.2. The number of aryl methyl sites for hydroxylation is 2. The fourth-order valence-electron chi connectivity index (χ4n) is 1.40. The number of rotatable bonds is 4. The summed E-state index contributed by atoms with van der Waals surface area (Å²) in [5, 5.41) is 9.45. The van der Waals surface area contributed by atoms with Gasteiger partial charge < -0.3 is 5.11 Å². The van der Waals surface area contributed by atoms with Crippen molar-refractivity contribution in [2.75, 3.05) is 10.5 Å². The van der Waals surface area contributed by atoms with Crippen LogP contribution in [-0.4, -0.2) is 19.3 Å². The van der Waals surface area contributed by atoms with Crippen LogP contribution in [0.5, 0.6) is 5.75 Å². The van der Waals surface area contributed by atoms with Crippen LogP contribution in [0.3, 0.4) is 0 Å². The molecule has 0 heterocycles. The molecule has 0 saturated carbocycles. The lowest BCUT2D eigenvalue weighted by Gasteiger charge is -2.11. The molecule has 0 saturated heterocycles.